The summed E-state index contributed by atoms with van der Waals surface area (Å²) in [6, 6.07) is 24.8. The van der Waals surface area contributed by atoms with Crippen LogP contribution in [0.3, 0.4) is 0 Å². The van der Waals surface area contributed by atoms with Gasteiger partial charge in [-0.15, -0.1) is 0 Å². The van der Waals surface area contributed by atoms with Gasteiger partial charge in [0.2, 0.25) is 5.91 Å². The molecule has 3 aromatic carbocycles. The minimum atomic E-state index is -0.183. The van der Waals surface area contributed by atoms with Crippen LogP contribution in [-0.2, 0) is 11.4 Å². The Morgan fingerprint density at radius 2 is 1.45 bits per heavy atom. The van der Waals surface area contributed by atoms with E-state index in [0.717, 1.165) is 11.3 Å². The topological polar surface area (TPSA) is 59.6 Å². The molecule has 5 nitrogen and oxygen atoms in total. The molecule has 0 aliphatic carbocycles. The van der Waals surface area contributed by atoms with E-state index in [9.17, 15) is 4.79 Å². The normalized spacial score (nSPS) is 10.1. The average Bonchev–Trinajstić information content (AvgIpc) is 2.77. The second kappa shape index (κ2) is 10.6. The van der Waals surface area contributed by atoms with E-state index < -0.39 is 0 Å². The van der Waals surface area contributed by atoms with Crippen molar-refractivity contribution in [2.24, 2.45) is 0 Å². The third kappa shape index (κ3) is 6.14. The minimum Gasteiger partial charge on any atom is -0.487 e. The lowest BCUT2D eigenvalue weighted by atomic mass is 10.2. The molecule has 0 bridgehead atoms. The predicted octanol–water partition coefficient (Wildman–Crippen LogP) is 4.88. The van der Waals surface area contributed by atoms with Crippen LogP contribution in [0.25, 0.3) is 0 Å². The van der Waals surface area contributed by atoms with Crippen LogP contribution in [0.2, 0.25) is 0 Å². The van der Waals surface area contributed by atoms with Crippen molar-refractivity contribution in [1.29, 1.82) is 0 Å². The number of para-hydroxylation sites is 4. The maximum atomic E-state index is 12.4. The van der Waals surface area contributed by atoms with Crippen LogP contribution in [0.15, 0.2) is 91.5 Å². The number of benzene rings is 3. The van der Waals surface area contributed by atoms with Crippen molar-refractivity contribution in [2.75, 3.05) is 23.8 Å². The maximum Gasteiger partial charge on any atom is 0.243 e. The second-order valence-electron chi connectivity index (χ2n) is 6.27. The van der Waals surface area contributed by atoms with Crippen LogP contribution in [0.1, 0.15) is 5.56 Å². The molecule has 0 aliphatic rings. The van der Waals surface area contributed by atoms with E-state index in [2.05, 4.69) is 17.2 Å². The van der Waals surface area contributed by atoms with Crippen LogP contribution < -0.4 is 20.1 Å². The SMILES string of the molecule is C=CCOc1ccccc1NC(=O)CNc1ccccc1OCc1ccccc1. The third-order valence-corrected chi connectivity index (χ3v) is 4.08. The fourth-order valence-electron chi connectivity index (χ4n) is 2.69. The number of rotatable bonds is 10. The smallest absolute Gasteiger partial charge is 0.243 e. The largest absolute Gasteiger partial charge is 0.487 e. The minimum absolute atomic E-state index is 0.0987. The summed E-state index contributed by atoms with van der Waals surface area (Å²) in [5, 5.41) is 6.00. The van der Waals surface area contributed by atoms with Gasteiger partial charge in [0.05, 0.1) is 17.9 Å². The Labute approximate surface area is 171 Å². The quantitative estimate of drug-likeness (QED) is 0.486. The van der Waals surface area contributed by atoms with Gasteiger partial charge < -0.3 is 20.1 Å². The summed E-state index contributed by atoms with van der Waals surface area (Å²) in [5.74, 6) is 1.11. The Balaban J connectivity index is 1.57. The molecule has 0 heterocycles. The van der Waals surface area contributed by atoms with Gasteiger partial charge in [-0.3, -0.25) is 4.79 Å². The first-order valence-corrected chi connectivity index (χ1v) is 9.38. The molecule has 3 aromatic rings. The lowest BCUT2D eigenvalue weighted by Crippen LogP contribution is -2.22. The third-order valence-electron chi connectivity index (χ3n) is 4.08. The molecule has 0 saturated carbocycles. The Hall–Kier alpha value is -3.73. The molecule has 0 atom stereocenters. The van der Waals surface area contributed by atoms with Gasteiger partial charge in [0.25, 0.3) is 0 Å². The summed E-state index contributed by atoms with van der Waals surface area (Å²) in [7, 11) is 0. The fourth-order valence-corrected chi connectivity index (χ4v) is 2.69. The summed E-state index contributed by atoms with van der Waals surface area (Å²) in [6.07, 6.45) is 1.66. The second-order valence-corrected chi connectivity index (χ2v) is 6.27. The first kappa shape index (κ1) is 20.0. The highest BCUT2D eigenvalue weighted by molar-refractivity contribution is 5.95. The lowest BCUT2D eigenvalue weighted by Gasteiger charge is -2.14. The standard InChI is InChI=1S/C24H24N2O3/c1-2-16-28-23-15-9-7-13-21(23)26-24(27)17-25-20-12-6-8-14-22(20)29-18-19-10-4-3-5-11-19/h2-15,25H,1,16-18H2,(H,26,27). The Morgan fingerprint density at radius 1 is 0.828 bits per heavy atom. The summed E-state index contributed by atoms with van der Waals surface area (Å²) >= 11 is 0. The molecule has 0 aliphatic heterocycles. The molecule has 0 saturated heterocycles. The maximum absolute atomic E-state index is 12.4. The number of amides is 1. The van der Waals surface area contributed by atoms with Crippen LogP contribution in [0, 0.1) is 0 Å². The van der Waals surface area contributed by atoms with Crippen LogP contribution in [0.4, 0.5) is 11.4 Å². The Kier molecular flexibility index (Phi) is 7.29. The summed E-state index contributed by atoms with van der Waals surface area (Å²) in [5.41, 5.74) is 2.46. The molecule has 29 heavy (non-hydrogen) atoms. The first-order chi connectivity index (χ1) is 14.3. The van der Waals surface area contributed by atoms with Gasteiger partial charge in [0, 0.05) is 0 Å². The van der Waals surface area contributed by atoms with Crippen molar-refractivity contribution >= 4 is 17.3 Å². The fraction of sp³-hybridized carbons (Fsp3) is 0.125. The van der Waals surface area contributed by atoms with Gasteiger partial charge in [0.1, 0.15) is 24.7 Å². The van der Waals surface area contributed by atoms with E-state index >= 15 is 0 Å². The molecular formula is C24H24N2O3. The number of anilines is 2. The Morgan fingerprint density at radius 3 is 2.17 bits per heavy atom. The highest BCUT2D eigenvalue weighted by atomic mass is 16.5. The zero-order chi connectivity index (χ0) is 20.3. The van der Waals surface area contributed by atoms with E-state index in [-0.39, 0.29) is 12.5 Å². The number of hydrogen-bond donors (Lipinski definition) is 2. The van der Waals surface area contributed by atoms with E-state index in [1.54, 1.807) is 18.2 Å². The summed E-state index contributed by atoms with van der Waals surface area (Å²) in [4.78, 5) is 12.4. The lowest BCUT2D eigenvalue weighted by molar-refractivity contribution is -0.114. The monoisotopic (exact) mass is 388 g/mol. The van der Waals surface area contributed by atoms with E-state index in [1.807, 2.05) is 66.7 Å². The molecule has 0 radical (unpaired) electrons. The number of carbonyl (C=O) groups excluding carboxylic acids is 1. The van der Waals surface area contributed by atoms with Crippen LogP contribution in [0.5, 0.6) is 11.5 Å². The van der Waals surface area contributed by atoms with Gasteiger partial charge in [0.15, 0.2) is 0 Å². The number of nitrogens with one attached hydrogen (secondary N) is 2. The van der Waals surface area contributed by atoms with Gasteiger partial charge in [-0.2, -0.15) is 0 Å². The van der Waals surface area contributed by atoms with Gasteiger partial charge in [-0.05, 0) is 29.8 Å². The van der Waals surface area contributed by atoms with Gasteiger partial charge >= 0.3 is 0 Å². The van der Waals surface area contributed by atoms with Gasteiger partial charge in [-0.1, -0.05) is 67.3 Å². The van der Waals surface area contributed by atoms with Crippen molar-refractivity contribution < 1.29 is 14.3 Å². The van der Waals surface area contributed by atoms with Crippen molar-refractivity contribution in [2.45, 2.75) is 6.61 Å². The molecule has 0 spiro atoms. The van der Waals surface area contributed by atoms with Crippen molar-refractivity contribution in [3.05, 3.63) is 97.1 Å². The summed E-state index contributed by atoms with van der Waals surface area (Å²) in [6.45, 7) is 4.57. The molecular weight excluding hydrogens is 364 g/mol. The van der Waals surface area contributed by atoms with E-state index in [4.69, 9.17) is 9.47 Å². The van der Waals surface area contributed by atoms with Gasteiger partial charge in [-0.25, -0.2) is 0 Å². The average molecular weight is 388 g/mol. The van der Waals surface area contributed by atoms with Crippen molar-refractivity contribution in [3.8, 4) is 11.5 Å². The van der Waals surface area contributed by atoms with Crippen LogP contribution in [-0.4, -0.2) is 19.1 Å². The number of hydrogen-bond acceptors (Lipinski definition) is 4. The molecule has 0 aromatic heterocycles. The van der Waals surface area contributed by atoms with Crippen LogP contribution >= 0.6 is 0 Å². The highest BCUT2D eigenvalue weighted by Gasteiger charge is 2.09. The summed E-state index contributed by atoms with van der Waals surface area (Å²) < 4.78 is 11.5. The number of carbonyl (C=O) groups is 1. The molecule has 3 rings (SSSR count). The molecule has 1 amide bonds. The highest BCUT2D eigenvalue weighted by Crippen LogP contribution is 2.26. The molecule has 0 fully saturated rings. The molecule has 5 heteroatoms. The predicted molar refractivity (Wildman–Crippen MR) is 116 cm³/mol. The first-order valence-electron chi connectivity index (χ1n) is 9.38. The van der Waals surface area contributed by atoms with Crippen molar-refractivity contribution in [3.63, 3.8) is 0 Å². The van der Waals surface area contributed by atoms with Crippen molar-refractivity contribution in [1.82, 2.24) is 0 Å². The molecule has 148 valence electrons. The Bertz CT molecular complexity index is 942. The molecule has 2 N–H and O–H groups in total. The van der Waals surface area contributed by atoms with E-state index in [1.165, 1.54) is 0 Å². The number of ether oxygens (including phenoxy) is 2. The zero-order valence-corrected chi connectivity index (χ0v) is 16.1. The van der Waals surface area contributed by atoms with E-state index in [0.29, 0.717) is 30.4 Å². The zero-order valence-electron chi connectivity index (χ0n) is 16.1. The molecule has 0 unspecified atom stereocenters.